The van der Waals surface area contributed by atoms with Crippen LogP contribution in [0.2, 0.25) is 0 Å². The van der Waals surface area contributed by atoms with Crippen molar-refractivity contribution >= 4 is 34.0 Å². The number of benzene rings is 1. The van der Waals surface area contributed by atoms with E-state index in [1.807, 2.05) is 25.7 Å². The van der Waals surface area contributed by atoms with Crippen LogP contribution in [0, 0.1) is 23.7 Å². The molecule has 1 spiro atoms. The lowest BCUT2D eigenvalue weighted by molar-refractivity contribution is -0.133. The zero-order chi connectivity index (χ0) is 30.8. The molecule has 240 valence electrons. The SMILES string of the molecule is CC(C)(C)OC(=O)N1CCN(C(=O)CC2CC3(CCN(C(=O)NC4C5CC6CC(C5)CC4C6)CC3)c3c(Br)cccc32)CC1. The number of hydrogen-bond acceptors (Lipinski definition) is 4. The van der Waals surface area contributed by atoms with E-state index in [1.165, 1.54) is 43.2 Å². The van der Waals surface area contributed by atoms with Gasteiger partial charge in [-0.3, -0.25) is 4.79 Å². The van der Waals surface area contributed by atoms with E-state index in [1.54, 1.807) is 4.90 Å². The van der Waals surface area contributed by atoms with Gasteiger partial charge in [-0.05, 0) is 119 Å². The molecule has 2 aliphatic heterocycles. The second-order valence-corrected chi connectivity index (χ2v) is 16.7. The van der Waals surface area contributed by atoms with Gasteiger partial charge in [-0.2, -0.15) is 0 Å². The first-order valence-corrected chi connectivity index (χ1v) is 17.9. The van der Waals surface area contributed by atoms with Crippen LogP contribution in [0.5, 0.6) is 0 Å². The van der Waals surface area contributed by atoms with Crippen molar-refractivity contribution in [2.24, 2.45) is 23.7 Å². The molecule has 7 aliphatic rings. The molecule has 5 aliphatic carbocycles. The normalized spacial score (nSPS) is 32.1. The average molecular weight is 670 g/mol. The third-order valence-electron chi connectivity index (χ3n) is 11.9. The molecule has 1 N–H and O–H groups in total. The molecule has 9 heteroatoms. The summed E-state index contributed by atoms with van der Waals surface area (Å²) in [6.07, 6.45) is 9.64. The summed E-state index contributed by atoms with van der Waals surface area (Å²) in [5.41, 5.74) is 2.09. The quantitative estimate of drug-likeness (QED) is 0.412. The van der Waals surface area contributed by atoms with E-state index in [-0.39, 0.29) is 29.4 Å². The van der Waals surface area contributed by atoms with Gasteiger partial charge in [0.15, 0.2) is 0 Å². The topological polar surface area (TPSA) is 82.2 Å². The lowest BCUT2D eigenvalue weighted by Crippen LogP contribution is -2.59. The molecule has 8 rings (SSSR count). The Labute approximate surface area is 270 Å². The Morgan fingerprint density at radius 2 is 1.50 bits per heavy atom. The predicted molar refractivity (Wildman–Crippen MR) is 172 cm³/mol. The van der Waals surface area contributed by atoms with Crippen LogP contribution in [0.15, 0.2) is 22.7 Å². The summed E-state index contributed by atoms with van der Waals surface area (Å²) >= 11 is 3.88. The van der Waals surface area contributed by atoms with Crippen LogP contribution in [0.1, 0.15) is 95.6 Å². The van der Waals surface area contributed by atoms with Crippen molar-refractivity contribution in [3.8, 4) is 0 Å². The monoisotopic (exact) mass is 668 g/mol. The average Bonchev–Trinajstić information content (AvgIpc) is 3.27. The first kappa shape index (κ1) is 30.4. The van der Waals surface area contributed by atoms with Crippen molar-refractivity contribution in [2.75, 3.05) is 39.3 Å². The maximum Gasteiger partial charge on any atom is 0.410 e. The minimum absolute atomic E-state index is 0.0187. The lowest BCUT2D eigenvalue weighted by atomic mass is 9.54. The molecule has 1 aromatic carbocycles. The van der Waals surface area contributed by atoms with Crippen molar-refractivity contribution in [3.63, 3.8) is 0 Å². The van der Waals surface area contributed by atoms with Crippen molar-refractivity contribution in [2.45, 2.75) is 102 Å². The molecular weight excluding hydrogens is 620 g/mol. The Hall–Kier alpha value is -2.29. The number of nitrogens with zero attached hydrogens (tertiary/aromatic N) is 3. The van der Waals surface area contributed by atoms with Gasteiger partial charge in [-0.25, -0.2) is 9.59 Å². The molecule has 4 amide bonds. The molecule has 1 atom stereocenters. The molecule has 4 bridgehead atoms. The van der Waals surface area contributed by atoms with Gasteiger partial charge in [0, 0.05) is 61.6 Å². The number of halogens is 1. The molecule has 8 nitrogen and oxygen atoms in total. The van der Waals surface area contributed by atoms with Gasteiger partial charge in [0.1, 0.15) is 5.60 Å². The zero-order valence-electron chi connectivity index (χ0n) is 26.7. The summed E-state index contributed by atoms with van der Waals surface area (Å²) in [6.45, 7) is 9.20. The Morgan fingerprint density at radius 3 is 2.11 bits per heavy atom. The van der Waals surface area contributed by atoms with Gasteiger partial charge in [0.2, 0.25) is 5.91 Å². The van der Waals surface area contributed by atoms with Gasteiger partial charge in [0.05, 0.1) is 0 Å². The fourth-order valence-electron chi connectivity index (χ4n) is 10.1. The van der Waals surface area contributed by atoms with E-state index >= 15 is 0 Å². The largest absolute Gasteiger partial charge is 0.444 e. The number of likely N-dealkylation sites (tertiary alicyclic amines) is 1. The van der Waals surface area contributed by atoms with E-state index in [0.29, 0.717) is 50.5 Å². The molecule has 1 aromatic rings. The first-order chi connectivity index (χ1) is 21.0. The van der Waals surface area contributed by atoms with E-state index in [9.17, 15) is 14.4 Å². The summed E-state index contributed by atoms with van der Waals surface area (Å²) in [7, 11) is 0. The summed E-state index contributed by atoms with van der Waals surface area (Å²) in [4.78, 5) is 45.3. The van der Waals surface area contributed by atoms with Gasteiger partial charge in [-0.1, -0.05) is 28.1 Å². The van der Waals surface area contributed by atoms with Crippen molar-refractivity contribution < 1.29 is 19.1 Å². The Bertz CT molecular complexity index is 1270. The second-order valence-electron chi connectivity index (χ2n) is 15.8. The van der Waals surface area contributed by atoms with Gasteiger partial charge in [0.25, 0.3) is 0 Å². The molecule has 1 unspecified atom stereocenters. The minimum Gasteiger partial charge on any atom is -0.444 e. The van der Waals surface area contributed by atoms with E-state index in [4.69, 9.17) is 4.74 Å². The third-order valence-corrected chi connectivity index (χ3v) is 12.5. The highest BCUT2D eigenvalue weighted by Gasteiger charge is 2.50. The Balaban J connectivity index is 0.965. The molecule has 2 heterocycles. The molecular formula is C35H49BrN4O4. The molecule has 2 saturated heterocycles. The summed E-state index contributed by atoms with van der Waals surface area (Å²) in [5, 5.41) is 3.53. The summed E-state index contributed by atoms with van der Waals surface area (Å²) < 4.78 is 6.66. The van der Waals surface area contributed by atoms with Gasteiger partial charge < -0.3 is 24.8 Å². The van der Waals surface area contributed by atoms with Crippen LogP contribution in [-0.2, 0) is 14.9 Å². The third kappa shape index (κ3) is 5.75. The number of fused-ring (bicyclic) bond motifs is 2. The number of piperidine rings is 1. The minimum atomic E-state index is -0.529. The van der Waals surface area contributed by atoms with Gasteiger partial charge >= 0.3 is 12.1 Å². The van der Waals surface area contributed by atoms with Crippen molar-refractivity contribution in [3.05, 3.63) is 33.8 Å². The van der Waals surface area contributed by atoms with Crippen LogP contribution < -0.4 is 5.32 Å². The first-order valence-electron chi connectivity index (χ1n) is 17.1. The molecule has 0 radical (unpaired) electrons. The maximum absolute atomic E-state index is 13.6. The Kier molecular flexibility index (Phi) is 7.94. The van der Waals surface area contributed by atoms with Crippen LogP contribution in [0.25, 0.3) is 0 Å². The lowest BCUT2D eigenvalue weighted by Gasteiger charge is -2.54. The smallest absolute Gasteiger partial charge is 0.410 e. The van der Waals surface area contributed by atoms with E-state index in [0.717, 1.165) is 48.7 Å². The highest BCUT2D eigenvalue weighted by atomic mass is 79.9. The number of piperazine rings is 1. The van der Waals surface area contributed by atoms with E-state index in [2.05, 4.69) is 44.3 Å². The second kappa shape index (κ2) is 11.5. The molecule has 4 saturated carbocycles. The fraction of sp³-hybridized carbons (Fsp3) is 0.743. The predicted octanol–water partition coefficient (Wildman–Crippen LogP) is 6.27. The van der Waals surface area contributed by atoms with Crippen LogP contribution in [0.3, 0.4) is 0 Å². The number of hydrogen-bond donors (Lipinski definition) is 1. The number of rotatable bonds is 3. The highest BCUT2D eigenvalue weighted by Crippen LogP contribution is 2.56. The van der Waals surface area contributed by atoms with Crippen LogP contribution >= 0.6 is 15.9 Å². The molecule has 6 fully saturated rings. The van der Waals surface area contributed by atoms with Crippen molar-refractivity contribution in [1.29, 1.82) is 0 Å². The molecule has 0 aromatic heterocycles. The maximum atomic E-state index is 13.6. The zero-order valence-corrected chi connectivity index (χ0v) is 28.2. The Morgan fingerprint density at radius 1 is 0.886 bits per heavy atom. The van der Waals surface area contributed by atoms with E-state index < -0.39 is 5.60 Å². The van der Waals surface area contributed by atoms with Crippen molar-refractivity contribution in [1.82, 2.24) is 20.0 Å². The standard InChI is InChI=1S/C35H49BrN4O4/c1-34(2,3)44-33(43)40-13-11-38(12-14-40)29(41)20-26-21-35(30-27(26)5-4-6-28(30)36)7-9-39(10-8-35)32(42)37-31-24-16-22-15-23(18-24)19-25(31)17-22/h4-6,22-26,31H,7-21H2,1-3H3,(H,37,42). The summed E-state index contributed by atoms with van der Waals surface area (Å²) in [5.74, 6) is 3.50. The number of urea groups is 1. The van der Waals surface area contributed by atoms with Crippen LogP contribution in [0.4, 0.5) is 9.59 Å². The molecule has 44 heavy (non-hydrogen) atoms. The number of amides is 4. The fourth-order valence-corrected chi connectivity index (χ4v) is 10.9. The van der Waals surface area contributed by atoms with Gasteiger partial charge in [-0.15, -0.1) is 0 Å². The number of ether oxygens (including phenoxy) is 1. The highest BCUT2D eigenvalue weighted by molar-refractivity contribution is 9.10. The number of carbonyl (C=O) groups is 3. The summed E-state index contributed by atoms with van der Waals surface area (Å²) in [6, 6.07) is 6.94. The van der Waals surface area contributed by atoms with Crippen LogP contribution in [-0.4, -0.2) is 83.6 Å². The number of nitrogens with one attached hydrogen (secondary N) is 1. The number of carbonyl (C=O) groups excluding carboxylic acids is 3.